The normalized spacial score (nSPS) is 19.4. The minimum atomic E-state index is 0.538. The van der Waals surface area contributed by atoms with Crippen molar-refractivity contribution in [2.75, 3.05) is 23.7 Å². The molecular formula is C15H24N2. The number of rotatable bonds is 2. The first-order valence-electron chi connectivity index (χ1n) is 6.65. The largest absolute Gasteiger partial charge is 0.397 e. The van der Waals surface area contributed by atoms with E-state index in [4.69, 9.17) is 5.73 Å². The highest BCUT2D eigenvalue weighted by Gasteiger charge is 2.28. The van der Waals surface area contributed by atoms with Gasteiger partial charge < -0.3 is 10.6 Å². The second-order valence-corrected chi connectivity index (χ2v) is 5.71. The van der Waals surface area contributed by atoms with Crippen LogP contribution in [0.4, 0.5) is 11.4 Å². The first kappa shape index (κ1) is 12.3. The average Bonchev–Trinajstić information content (AvgIpc) is 2.31. The van der Waals surface area contributed by atoms with E-state index in [-0.39, 0.29) is 0 Å². The summed E-state index contributed by atoms with van der Waals surface area (Å²) in [6.07, 6.45) is 3.83. The van der Waals surface area contributed by atoms with Crippen LogP contribution in [-0.4, -0.2) is 13.1 Å². The molecule has 0 bridgehead atoms. The molecule has 1 heterocycles. The summed E-state index contributed by atoms with van der Waals surface area (Å²) in [5, 5.41) is 0. The molecule has 1 fully saturated rings. The van der Waals surface area contributed by atoms with Crippen LogP contribution in [0.2, 0.25) is 0 Å². The lowest BCUT2D eigenvalue weighted by atomic mass is 9.78. The summed E-state index contributed by atoms with van der Waals surface area (Å²) in [6, 6.07) is 6.39. The number of nitrogens with zero attached hydrogens (tertiary/aromatic N) is 1. The Morgan fingerprint density at radius 3 is 2.47 bits per heavy atom. The summed E-state index contributed by atoms with van der Waals surface area (Å²) in [5.41, 5.74) is 10.0. The Kier molecular flexibility index (Phi) is 3.32. The van der Waals surface area contributed by atoms with E-state index in [0.29, 0.717) is 5.41 Å². The fourth-order valence-corrected chi connectivity index (χ4v) is 2.60. The molecule has 0 spiro atoms. The number of aryl methyl sites for hydroxylation is 1. The molecule has 1 aliphatic rings. The molecule has 0 unspecified atom stereocenters. The molecule has 17 heavy (non-hydrogen) atoms. The molecule has 0 atom stereocenters. The molecule has 0 amide bonds. The van der Waals surface area contributed by atoms with E-state index in [1.54, 1.807) is 0 Å². The number of piperidine rings is 1. The highest BCUT2D eigenvalue weighted by Crippen LogP contribution is 2.37. The van der Waals surface area contributed by atoms with E-state index >= 15 is 0 Å². The molecule has 0 radical (unpaired) electrons. The lowest BCUT2D eigenvalue weighted by molar-refractivity contribution is 0.238. The maximum absolute atomic E-state index is 6.11. The van der Waals surface area contributed by atoms with Gasteiger partial charge in [0, 0.05) is 13.1 Å². The van der Waals surface area contributed by atoms with Gasteiger partial charge in [0.15, 0.2) is 0 Å². The zero-order chi connectivity index (χ0) is 12.5. The summed E-state index contributed by atoms with van der Waals surface area (Å²) in [7, 11) is 0. The lowest BCUT2D eigenvalue weighted by Crippen LogP contribution is -2.38. The molecule has 0 aliphatic carbocycles. The summed E-state index contributed by atoms with van der Waals surface area (Å²) in [4.78, 5) is 2.44. The molecule has 0 aromatic heterocycles. The maximum atomic E-state index is 6.11. The van der Waals surface area contributed by atoms with Gasteiger partial charge in [0.25, 0.3) is 0 Å². The second kappa shape index (κ2) is 4.59. The van der Waals surface area contributed by atoms with Gasteiger partial charge in [-0.15, -0.1) is 0 Å². The van der Waals surface area contributed by atoms with Gasteiger partial charge in [0.2, 0.25) is 0 Å². The van der Waals surface area contributed by atoms with Crippen LogP contribution in [-0.2, 0) is 0 Å². The summed E-state index contributed by atoms with van der Waals surface area (Å²) in [6.45, 7) is 9.07. The van der Waals surface area contributed by atoms with Crippen molar-refractivity contribution in [1.29, 1.82) is 0 Å². The first-order valence-corrected chi connectivity index (χ1v) is 6.65. The smallest absolute Gasteiger partial charge is 0.0600 e. The van der Waals surface area contributed by atoms with E-state index in [0.717, 1.165) is 18.8 Å². The summed E-state index contributed by atoms with van der Waals surface area (Å²) < 4.78 is 0. The van der Waals surface area contributed by atoms with Gasteiger partial charge in [-0.05, 0) is 42.9 Å². The number of hydrogen-bond acceptors (Lipinski definition) is 2. The van der Waals surface area contributed by atoms with Crippen molar-refractivity contribution >= 4 is 11.4 Å². The maximum Gasteiger partial charge on any atom is 0.0600 e. The van der Waals surface area contributed by atoms with Crippen molar-refractivity contribution < 1.29 is 0 Å². The Morgan fingerprint density at radius 2 is 1.94 bits per heavy atom. The highest BCUT2D eigenvalue weighted by molar-refractivity contribution is 5.68. The predicted molar refractivity (Wildman–Crippen MR) is 75.4 cm³/mol. The molecule has 1 aromatic carbocycles. The molecule has 0 saturated carbocycles. The topological polar surface area (TPSA) is 29.3 Å². The zero-order valence-corrected chi connectivity index (χ0v) is 11.3. The van der Waals surface area contributed by atoms with Crippen LogP contribution < -0.4 is 10.6 Å². The van der Waals surface area contributed by atoms with Crippen molar-refractivity contribution in [3.63, 3.8) is 0 Å². The van der Waals surface area contributed by atoms with Crippen LogP contribution in [0.3, 0.4) is 0 Å². The van der Waals surface area contributed by atoms with Crippen molar-refractivity contribution in [3.8, 4) is 0 Å². The average molecular weight is 232 g/mol. The molecule has 1 saturated heterocycles. The highest BCUT2D eigenvalue weighted by atomic mass is 15.1. The molecule has 1 aromatic rings. The third kappa shape index (κ3) is 2.56. The van der Waals surface area contributed by atoms with Crippen LogP contribution in [0, 0.1) is 12.3 Å². The summed E-state index contributed by atoms with van der Waals surface area (Å²) in [5.74, 6) is 0. The van der Waals surface area contributed by atoms with Gasteiger partial charge in [-0.25, -0.2) is 0 Å². The SMILES string of the molecule is CCC1(C)CCN(c2ccc(C)cc2N)CC1. The van der Waals surface area contributed by atoms with Crippen molar-refractivity contribution in [1.82, 2.24) is 0 Å². The monoisotopic (exact) mass is 232 g/mol. The van der Waals surface area contributed by atoms with Crippen molar-refractivity contribution in [3.05, 3.63) is 23.8 Å². The van der Waals surface area contributed by atoms with E-state index in [2.05, 4.69) is 43.9 Å². The zero-order valence-electron chi connectivity index (χ0n) is 11.3. The van der Waals surface area contributed by atoms with E-state index in [1.165, 1.54) is 30.5 Å². The van der Waals surface area contributed by atoms with Crippen LogP contribution in [0.25, 0.3) is 0 Å². The minimum Gasteiger partial charge on any atom is -0.397 e. The van der Waals surface area contributed by atoms with E-state index in [9.17, 15) is 0 Å². The first-order chi connectivity index (χ1) is 8.04. The third-order valence-corrected chi connectivity index (χ3v) is 4.35. The van der Waals surface area contributed by atoms with Gasteiger partial charge >= 0.3 is 0 Å². The molecule has 2 nitrogen and oxygen atoms in total. The molecule has 2 rings (SSSR count). The third-order valence-electron chi connectivity index (χ3n) is 4.35. The Hall–Kier alpha value is -1.18. The van der Waals surface area contributed by atoms with Crippen LogP contribution in [0.15, 0.2) is 18.2 Å². The van der Waals surface area contributed by atoms with Crippen molar-refractivity contribution in [2.45, 2.75) is 40.0 Å². The predicted octanol–water partition coefficient (Wildman–Crippen LogP) is 3.59. The molecule has 2 heteroatoms. The van der Waals surface area contributed by atoms with Gasteiger partial charge in [-0.3, -0.25) is 0 Å². The number of nitrogens with two attached hydrogens (primary N) is 1. The molecule has 2 N–H and O–H groups in total. The van der Waals surface area contributed by atoms with Gasteiger partial charge in [-0.1, -0.05) is 26.3 Å². The van der Waals surface area contributed by atoms with E-state index in [1.807, 2.05) is 0 Å². The van der Waals surface area contributed by atoms with Crippen molar-refractivity contribution in [2.24, 2.45) is 5.41 Å². The van der Waals surface area contributed by atoms with Crippen LogP contribution >= 0.6 is 0 Å². The number of hydrogen-bond donors (Lipinski definition) is 1. The molecule has 1 aliphatic heterocycles. The van der Waals surface area contributed by atoms with E-state index < -0.39 is 0 Å². The fourth-order valence-electron chi connectivity index (χ4n) is 2.60. The number of benzene rings is 1. The van der Waals surface area contributed by atoms with Gasteiger partial charge in [0.1, 0.15) is 0 Å². The number of nitrogen functional groups attached to an aromatic ring is 1. The molecular weight excluding hydrogens is 208 g/mol. The standard InChI is InChI=1S/C15H24N2/c1-4-15(3)7-9-17(10-8-15)14-6-5-12(2)11-13(14)16/h5-6,11H,4,7-10,16H2,1-3H3. The lowest BCUT2D eigenvalue weighted by Gasteiger charge is -2.40. The number of anilines is 2. The van der Waals surface area contributed by atoms with Crippen LogP contribution in [0.5, 0.6) is 0 Å². The van der Waals surface area contributed by atoms with Crippen LogP contribution in [0.1, 0.15) is 38.7 Å². The Balaban J connectivity index is 2.10. The summed E-state index contributed by atoms with van der Waals surface area (Å²) >= 11 is 0. The Labute approximate surface area is 105 Å². The second-order valence-electron chi connectivity index (χ2n) is 5.71. The quantitative estimate of drug-likeness (QED) is 0.789. The Morgan fingerprint density at radius 1 is 1.29 bits per heavy atom. The minimum absolute atomic E-state index is 0.538. The van der Waals surface area contributed by atoms with Gasteiger partial charge in [-0.2, -0.15) is 0 Å². The fraction of sp³-hybridized carbons (Fsp3) is 0.600. The molecule has 94 valence electrons. The van der Waals surface area contributed by atoms with Gasteiger partial charge in [0.05, 0.1) is 11.4 Å². The Bertz CT molecular complexity index is 390.